The Morgan fingerprint density at radius 2 is 2.17 bits per heavy atom. The number of thioether (sulfide) groups is 1. The Morgan fingerprint density at radius 1 is 1.46 bits per heavy atom. The molecule has 0 radical (unpaired) electrons. The predicted molar refractivity (Wildman–Crippen MR) is 89.9 cm³/mol. The van der Waals surface area contributed by atoms with Gasteiger partial charge in [-0.25, -0.2) is 4.39 Å². The fraction of sp³-hybridized carbons (Fsp3) is 0.312. The number of carbonyl (C=O) groups is 3. The van der Waals surface area contributed by atoms with Crippen LogP contribution in [0.2, 0.25) is 5.02 Å². The Hall–Kier alpha value is -1.86. The Balaban J connectivity index is 2.17. The molecule has 0 N–H and O–H groups in total. The lowest BCUT2D eigenvalue weighted by Gasteiger charge is -2.14. The fourth-order valence-electron chi connectivity index (χ4n) is 1.89. The summed E-state index contributed by atoms with van der Waals surface area (Å²) in [6.45, 7) is 3.09. The summed E-state index contributed by atoms with van der Waals surface area (Å²) in [5.41, 5.74) is 0.0202. The van der Waals surface area contributed by atoms with Gasteiger partial charge in [-0.05, 0) is 43.3 Å². The average Bonchev–Trinajstić information content (AvgIpc) is 2.78. The highest BCUT2D eigenvalue weighted by atomic mass is 35.5. The normalized spacial score (nSPS) is 17.5. The molecular weight excluding hydrogens is 357 g/mol. The van der Waals surface area contributed by atoms with Crippen LogP contribution in [-0.4, -0.2) is 34.7 Å². The van der Waals surface area contributed by atoms with Gasteiger partial charge in [0.2, 0.25) is 0 Å². The molecule has 1 heterocycles. The number of nitrogens with zero attached hydrogens (tertiary/aromatic N) is 1. The standard InChI is InChI=1S/C16H15ClFNO4S/c1-3-9(2)23-14(20)8-19-15(21)13(24-16(19)22)7-10-11(17)5-4-6-12(10)18/h4-7,9H,3,8H2,1-2H3/b13-7-/t9-/m0/s1. The molecular formula is C16H15ClFNO4S. The highest BCUT2D eigenvalue weighted by Crippen LogP contribution is 2.34. The molecule has 8 heteroatoms. The molecule has 24 heavy (non-hydrogen) atoms. The smallest absolute Gasteiger partial charge is 0.326 e. The first kappa shape index (κ1) is 18.5. The Bertz CT molecular complexity index is 702. The van der Waals surface area contributed by atoms with Crippen LogP contribution in [0.3, 0.4) is 0 Å². The molecule has 0 spiro atoms. The maximum Gasteiger partial charge on any atom is 0.326 e. The molecule has 0 aliphatic carbocycles. The van der Waals surface area contributed by atoms with Crippen LogP contribution in [0, 0.1) is 5.82 Å². The monoisotopic (exact) mass is 371 g/mol. The summed E-state index contributed by atoms with van der Waals surface area (Å²) in [5, 5.41) is -0.488. The van der Waals surface area contributed by atoms with E-state index in [1.807, 2.05) is 6.92 Å². The number of hydrogen-bond acceptors (Lipinski definition) is 5. The molecule has 0 saturated carbocycles. The summed E-state index contributed by atoms with van der Waals surface area (Å²) >= 11 is 6.53. The van der Waals surface area contributed by atoms with Gasteiger partial charge in [0.05, 0.1) is 16.0 Å². The van der Waals surface area contributed by atoms with E-state index in [0.29, 0.717) is 18.2 Å². The molecule has 5 nitrogen and oxygen atoms in total. The zero-order valence-corrected chi connectivity index (χ0v) is 14.6. The van der Waals surface area contributed by atoms with Crippen LogP contribution < -0.4 is 0 Å². The molecule has 1 fully saturated rings. The first-order chi connectivity index (χ1) is 11.3. The number of esters is 1. The van der Waals surface area contributed by atoms with Gasteiger partial charge in [0.15, 0.2) is 0 Å². The van der Waals surface area contributed by atoms with Gasteiger partial charge >= 0.3 is 5.97 Å². The maximum absolute atomic E-state index is 13.8. The predicted octanol–water partition coefficient (Wildman–Crippen LogP) is 3.86. The number of amides is 2. The van der Waals surface area contributed by atoms with Crippen molar-refractivity contribution in [1.29, 1.82) is 0 Å². The summed E-state index contributed by atoms with van der Waals surface area (Å²) in [7, 11) is 0. The summed E-state index contributed by atoms with van der Waals surface area (Å²) in [4.78, 5) is 36.7. The van der Waals surface area contributed by atoms with E-state index in [-0.39, 0.29) is 21.6 Å². The van der Waals surface area contributed by atoms with Gasteiger partial charge in [-0.1, -0.05) is 24.6 Å². The van der Waals surface area contributed by atoms with Gasteiger partial charge in [0, 0.05) is 5.56 Å². The van der Waals surface area contributed by atoms with Gasteiger partial charge in [-0.15, -0.1) is 0 Å². The molecule has 0 unspecified atom stereocenters. The minimum atomic E-state index is -0.676. The van der Waals surface area contributed by atoms with Crippen molar-refractivity contribution in [2.75, 3.05) is 6.54 Å². The van der Waals surface area contributed by atoms with Gasteiger partial charge < -0.3 is 4.74 Å². The maximum atomic E-state index is 13.8. The van der Waals surface area contributed by atoms with Crippen LogP contribution in [0.15, 0.2) is 23.1 Å². The first-order valence-electron chi connectivity index (χ1n) is 7.22. The van der Waals surface area contributed by atoms with Crippen molar-refractivity contribution in [2.45, 2.75) is 26.4 Å². The van der Waals surface area contributed by atoms with E-state index in [4.69, 9.17) is 16.3 Å². The van der Waals surface area contributed by atoms with Crippen molar-refractivity contribution in [2.24, 2.45) is 0 Å². The zero-order chi connectivity index (χ0) is 17.9. The van der Waals surface area contributed by atoms with Crippen molar-refractivity contribution in [3.63, 3.8) is 0 Å². The van der Waals surface area contributed by atoms with E-state index in [1.165, 1.54) is 24.3 Å². The first-order valence-corrected chi connectivity index (χ1v) is 8.41. The molecule has 2 rings (SSSR count). The van der Waals surface area contributed by atoms with Gasteiger partial charge in [-0.3, -0.25) is 19.3 Å². The van der Waals surface area contributed by atoms with Crippen molar-refractivity contribution in [3.05, 3.63) is 39.5 Å². The van der Waals surface area contributed by atoms with Crippen LogP contribution in [0.1, 0.15) is 25.8 Å². The number of carbonyl (C=O) groups excluding carboxylic acids is 3. The van der Waals surface area contributed by atoms with Gasteiger partial charge in [0.25, 0.3) is 11.1 Å². The third-order valence-electron chi connectivity index (χ3n) is 3.34. The number of halogens is 2. The average molecular weight is 372 g/mol. The third kappa shape index (κ3) is 4.15. The second kappa shape index (κ2) is 7.81. The molecule has 2 amide bonds. The highest BCUT2D eigenvalue weighted by Gasteiger charge is 2.37. The number of benzene rings is 1. The van der Waals surface area contributed by atoms with Crippen LogP contribution in [0.5, 0.6) is 0 Å². The lowest BCUT2D eigenvalue weighted by molar-refractivity contribution is -0.150. The Labute approximate surface area is 147 Å². The Morgan fingerprint density at radius 3 is 2.79 bits per heavy atom. The number of ether oxygens (including phenoxy) is 1. The molecule has 1 aromatic carbocycles. The molecule has 1 aliphatic heterocycles. The van der Waals surface area contributed by atoms with Crippen molar-refractivity contribution < 1.29 is 23.5 Å². The van der Waals surface area contributed by atoms with Crippen molar-refractivity contribution in [3.8, 4) is 0 Å². The van der Waals surface area contributed by atoms with E-state index in [2.05, 4.69) is 0 Å². The van der Waals surface area contributed by atoms with E-state index >= 15 is 0 Å². The molecule has 1 aliphatic rings. The summed E-state index contributed by atoms with van der Waals surface area (Å²) in [6, 6.07) is 4.11. The van der Waals surface area contributed by atoms with Crippen LogP contribution in [-0.2, 0) is 14.3 Å². The quantitative estimate of drug-likeness (QED) is 0.581. The van der Waals surface area contributed by atoms with Crippen molar-refractivity contribution >= 4 is 46.6 Å². The van der Waals surface area contributed by atoms with Crippen molar-refractivity contribution in [1.82, 2.24) is 4.90 Å². The molecule has 1 aromatic rings. The summed E-state index contributed by atoms with van der Waals surface area (Å²) < 4.78 is 18.9. The summed E-state index contributed by atoms with van der Waals surface area (Å²) in [5.74, 6) is -1.95. The topological polar surface area (TPSA) is 63.7 Å². The van der Waals surface area contributed by atoms with Gasteiger partial charge in [-0.2, -0.15) is 0 Å². The minimum Gasteiger partial charge on any atom is -0.461 e. The molecule has 0 aromatic heterocycles. The SMILES string of the molecule is CC[C@H](C)OC(=O)CN1C(=O)S/C(=C\c2c(F)cccc2Cl)C1=O. The molecule has 0 bridgehead atoms. The van der Waals surface area contributed by atoms with Gasteiger partial charge in [0.1, 0.15) is 12.4 Å². The second-order valence-corrected chi connectivity index (χ2v) is 6.51. The van der Waals surface area contributed by atoms with E-state index < -0.39 is 29.5 Å². The second-order valence-electron chi connectivity index (χ2n) is 5.11. The third-order valence-corrected chi connectivity index (χ3v) is 4.58. The fourth-order valence-corrected chi connectivity index (χ4v) is 2.93. The Kier molecular flexibility index (Phi) is 6.01. The highest BCUT2D eigenvalue weighted by molar-refractivity contribution is 8.18. The molecule has 128 valence electrons. The number of imide groups is 1. The number of hydrogen-bond donors (Lipinski definition) is 0. The summed E-state index contributed by atoms with van der Waals surface area (Å²) in [6.07, 6.45) is 1.53. The van der Waals surface area contributed by atoms with Crippen LogP contribution in [0.4, 0.5) is 9.18 Å². The van der Waals surface area contributed by atoms with Crippen LogP contribution in [0.25, 0.3) is 6.08 Å². The minimum absolute atomic E-state index is 0.00309. The zero-order valence-electron chi connectivity index (χ0n) is 13.0. The van der Waals surface area contributed by atoms with E-state index in [1.54, 1.807) is 6.92 Å². The molecule has 1 atom stereocenters. The molecule has 1 saturated heterocycles. The van der Waals surface area contributed by atoms with E-state index in [0.717, 1.165) is 4.90 Å². The largest absolute Gasteiger partial charge is 0.461 e. The van der Waals surface area contributed by atoms with Crippen LogP contribution >= 0.6 is 23.4 Å². The lowest BCUT2D eigenvalue weighted by atomic mass is 10.2. The lowest BCUT2D eigenvalue weighted by Crippen LogP contribution is -2.35. The van der Waals surface area contributed by atoms with E-state index in [9.17, 15) is 18.8 Å². The number of rotatable bonds is 5.